The van der Waals surface area contributed by atoms with Crippen molar-refractivity contribution in [1.82, 2.24) is 9.80 Å². The van der Waals surface area contributed by atoms with Gasteiger partial charge in [-0.2, -0.15) is 0 Å². The zero-order valence-electron chi connectivity index (χ0n) is 14.3. The molecule has 0 bridgehead atoms. The van der Waals surface area contributed by atoms with Crippen molar-refractivity contribution >= 4 is 29.3 Å². The topological polar surface area (TPSA) is 78.7 Å². The number of amides is 2. The lowest BCUT2D eigenvalue weighted by molar-refractivity contribution is -0.133. The molecular weight excluding hydrogens is 324 g/mol. The van der Waals surface area contributed by atoms with Crippen LogP contribution in [0.1, 0.15) is 13.8 Å². The number of anilines is 1. The second kappa shape index (κ2) is 8.94. The molecule has 0 spiro atoms. The molecule has 1 atom stereocenters. The molecule has 2 amide bonds. The van der Waals surface area contributed by atoms with Crippen molar-refractivity contribution in [3.05, 3.63) is 24.3 Å². The Bertz CT molecular complexity index is 573. The maximum atomic E-state index is 12.6. The molecule has 3 N–H and O–H groups in total. The second-order valence-corrected chi connectivity index (χ2v) is 6.89. The summed E-state index contributed by atoms with van der Waals surface area (Å²) in [6.07, 6.45) is 0. The third-order valence-corrected chi connectivity index (χ3v) is 5.23. The van der Waals surface area contributed by atoms with Gasteiger partial charge in [0.15, 0.2) is 0 Å². The van der Waals surface area contributed by atoms with E-state index in [-0.39, 0.29) is 23.6 Å². The predicted molar refractivity (Wildman–Crippen MR) is 98.1 cm³/mol. The highest BCUT2D eigenvalue weighted by atomic mass is 32.2. The van der Waals surface area contributed by atoms with Gasteiger partial charge in [-0.1, -0.05) is 19.1 Å². The van der Waals surface area contributed by atoms with E-state index in [1.54, 1.807) is 0 Å². The number of nitrogens with two attached hydrogens (primary N) is 1. The minimum absolute atomic E-state index is 0.112. The van der Waals surface area contributed by atoms with Gasteiger partial charge in [0.1, 0.15) is 6.04 Å². The zero-order chi connectivity index (χ0) is 17.5. The summed E-state index contributed by atoms with van der Waals surface area (Å²) >= 11 is 1.38. The number of para-hydroxylation sites is 1. The number of hydrogen-bond acceptors (Lipinski definition) is 5. The van der Waals surface area contributed by atoms with Gasteiger partial charge < -0.3 is 20.9 Å². The third-order valence-electron chi connectivity index (χ3n) is 4.13. The summed E-state index contributed by atoms with van der Waals surface area (Å²) < 4.78 is 0. The lowest BCUT2D eigenvalue weighted by Crippen LogP contribution is -2.52. The van der Waals surface area contributed by atoms with Gasteiger partial charge in [0.05, 0.1) is 5.75 Å². The number of hydrogen-bond donors (Lipinski definition) is 2. The Labute approximate surface area is 147 Å². The summed E-state index contributed by atoms with van der Waals surface area (Å²) in [4.78, 5) is 28.8. The van der Waals surface area contributed by atoms with Gasteiger partial charge in [0, 0.05) is 36.8 Å². The van der Waals surface area contributed by atoms with Crippen molar-refractivity contribution in [1.29, 1.82) is 0 Å². The van der Waals surface area contributed by atoms with E-state index in [0.717, 1.165) is 43.3 Å². The average molecular weight is 350 g/mol. The monoisotopic (exact) mass is 350 g/mol. The van der Waals surface area contributed by atoms with Crippen molar-refractivity contribution in [3.8, 4) is 0 Å². The van der Waals surface area contributed by atoms with Crippen LogP contribution in [0.5, 0.6) is 0 Å². The van der Waals surface area contributed by atoms with Gasteiger partial charge in [-0.25, -0.2) is 0 Å². The van der Waals surface area contributed by atoms with Gasteiger partial charge in [0.25, 0.3) is 0 Å². The van der Waals surface area contributed by atoms with Crippen molar-refractivity contribution in [2.45, 2.75) is 24.8 Å². The number of benzene rings is 1. The fraction of sp³-hybridized carbons (Fsp3) is 0.529. The van der Waals surface area contributed by atoms with Gasteiger partial charge in [-0.3, -0.25) is 9.59 Å². The molecule has 1 fully saturated rings. The molecule has 0 saturated carbocycles. The number of thioether (sulfide) groups is 1. The molecule has 1 aromatic carbocycles. The van der Waals surface area contributed by atoms with E-state index in [2.05, 4.69) is 17.1 Å². The van der Waals surface area contributed by atoms with E-state index in [1.165, 1.54) is 11.8 Å². The first-order chi connectivity index (χ1) is 11.5. The highest BCUT2D eigenvalue weighted by Crippen LogP contribution is 2.27. The predicted octanol–water partition coefficient (Wildman–Crippen LogP) is 1.23. The minimum atomic E-state index is -0.354. The first kappa shape index (κ1) is 18.6. The molecule has 2 rings (SSSR count). The quantitative estimate of drug-likeness (QED) is 0.723. The van der Waals surface area contributed by atoms with Gasteiger partial charge in [-0.05, 0) is 25.6 Å². The molecule has 0 aromatic heterocycles. The molecule has 132 valence electrons. The van der Waals surface area contributed by atoms with E-state index >= 15 is 0 Å². The number of piperazine rings is 1. The van der Waals surface area contributed by atoms with Crippen molar-refractivity contribution in [3.63, 3.8) is 0 Å². The number of rotatable bonds is 7. The van der Waals surface area contributed by atoms with Crippen LogP contribution in [0.2, 0.25) is 0 Å². The summed E-state index contributed by atoms with van der Waals surface area (Å²) in [5.74, 6) is -0.0202. The first-order valence-corrected chi connectivity index (χ1v) is 9.27. The number of nitrogens with zero attached hydrogens (tertiary/aromatic N) is 2. The van der Waals surface area contributed by atoms with Crippen molar-refractivity contribution < 1.29 is 9.59 Å². The number of nitrogens with one attached hydrogen (secondary N) is 1. The van der Waals surface area contributed by atoms with E-state index in [0.29, 0.717) is 0 Å². The summed E-state index contributed by atoms with van der Waals surface area (Å²) in [5, 5.41) is 3.28. The maximum absolute atomic E-state index is 12.6. The standard InChI is InChI=1S/C17H26N4O2S/c1-3-20-8-10-21(11-9-20)17(23)13(2)19-14-6-4-5-7-15(14)24-12-16(18)22/h4-7,13,19H,3,8-12H2,1-2H3,(H2,18,22)/t13-/m1/s1. The normalized spacial score (nSPS) is 16.7. The van der Waals surface area contributed by atoms with E-state index in [1.807, 2.05) is 36.1 Å². The smallest absolute Gasteiger partial charge is 0.244 e. The highest BCUT2D eigenvalue weighted by molar-refractivity contribution is 8.00. The van der Waals surface area contributed by atoms with Crippen LogP contribution in [0.4, 0.5) is 5.69 Å². The van der Waals surface area contributed by atoms with Gasteiger partial charge in [0.2, 0.25) is 11.8 Å². The highest BCUT2D eigenvalue weighted by Gasteiger charge is 2.24. The number of primary amides is 1. The number of carbonyl (C=O) groups excluding carboxylic acids is 2. The van der Waals surface area contributed by atoms with Crippen LogP contribution in [-0.4, -0.2) is 66.1 Å². The van der Waals surface area contributed by atoms with Crippen LogP contribution < -0.4 is 11.1 Å². The molecule has 0 radical (unpaired) electrons. The fourth-order valence-electron chi connectivity index (χ4n) is 2.71. The van der Waals surface area contributed by atoms with E-state index in [4.69, 9.17) is 5.73 Å². The molecule has 1 heterocycles. The third kappa shape index (κ3) is 5.14. The summed E-state index contributed by atoms with van der Waals surface area (Å²) in [6.45, 7) is 8.46. The Balaban J connectivity index is 1.95. The Morgan fingerprint density at radius 2 is 1.92 bits per heavy atom. The molecule has 0 aliphatic carbocycles. The SMILES string of the molecule is CCN1CCN(C(=O)[C@@H](C)Nc2ccccc2SCC(N)=O)CC1. The van der Waals surface area contributed by atoms with Crippen LogP contribution in [0.25, 0.3) is 0 Å². The van der Waals surface area contributed by atoms with Gasteiger partial charge in [-0.15, -0.1) is 11.8 Å². The Morgan fingerprint density at radius 1 is 1.25 bits per heavy atom. The molecule has 1 aliphatic rings. The molecular formula is C17H26N4O2S. The lowest BCUT2D eigenvalue weighted by atomic mass is 10.2. The van der Waals surface area contributed by atoms with E-state index < -0.39 is 0 Å². The Kier molecular flexibility index (Phi) is 6.93. The van der Waals surface area contributed by atoms with Crippen molar-refractivity contribution in [2.75, 3.05) is 43.8 Å². The molecule has 6 nitrogen and oxygen atoms in total. The number of carbonyl (C=O) groups is 2. The Morgan fingerprint density at radius 3 is 2.54 bits per heavy atom. The summed E-state index contributed by atoms with van der Waals surface area (Å²) in [6, 6.07) is 7.35. The molecule has 1 aromatic rings. The largest absolute Gasteiger partial charge is 0.373 e. The fourth-order valence-corrected chi connectivity index (χ4v) is 3.47. The summed E-state index contributed by atoms with van der Waals surface area (Å²) in [5.41, 5.74) is 6.07. The van der Waals surface area contributed by atoms with Crippen LogP contribution in [-0.2, 0) is 9.59 Å². The molecule has 1 saturated heterocycles. The number of likely N-dealkylation sites (N-methyl/N-ethyl adjacent to an activating group) is 1. The molecule has 24 heavy (non-hydrogen) atoms. The first-order valence-electron chi connectivity index (χ1n) is 8.29. The summed E-state index contributed by atoms with van der Waals surface area (Å²) in [7, 11) is 0. The van der Waals surface area contributed by atoms with Crippen molar-refractivity contribution in [2.24, 2.45) is 5.73 Å². The lowest BCUT2D eigenvalue weighted by Gasteiger charge is -2.35. The van der Waals surface area contributed by atoms with Gasteiger partial charge >= 0.3 is 0 Å². The molecule has 0 unspecified atom stereocenters. The van der Waals surface area contributed by atoms with Crippen LogP contribution in [0.15, 0.2) is 29.2 Å². The van der Waals surface area contributed by atoms with Crippen LogP contribution in [0, 0.1) is 0 Å². The average Bonchev–Trinajstić information content (AvgIpc) is 2.60. The minimum Gasteiger partial charge on any atom is -0.373 e. The van der Waals surface area contributed by atoms with E-state index in [9.17, 15) is 9.59 Å². The zero-order valence-corrected chi connectivity index (χ0v) is 15.1. The second-order valence-electron chi connectivity index (χ2n) is 5.88. The van der Waals surface area contributed by atoms with Crippen LogP contribution >= 0.6 is 11.8 Å². The molecule has 1 aliphatic heterocycles. The van der Waals surface area contributed by atoms with Crippen LogP contribution in [0.3, 0.4) is 0 Å². The molecule has 7 heteroatoms. The Hall–Kier alpha value is -1.73. The maximum Gasteiger partial charge on any atom is 0.244 e.